The number of benzene rings is 1. The van der Waals surface area contributed by atoms with Gasteiger partial charge in [-0.1, -0.05) is 51.4 Å². The Bertz CT molecular complexity index is 678. The van der Waals surface area contributed by atoms with E-state index in [1.807, 2.05) is 6.92 Å². The molecule has 0 unspecified atom stereocenters. The van der Waals surface area contributed by atoms with Gasteiger partial charge < -0.3 is 4.74 Å². The van der Waals surface area contributed by atoms with E-state index in [4.69, 9.17) is 4.74 Å². The molecule has 0 N–H and O–H groups in total. The number of halogens is 2. The van der Waals surface area contributed by atoms with Gasteiger partial charge in [0.2, 0.25) is 0 Å². The van der Waals surface area contributed by atoms with Gasteiger partial charge in [0.25, 0.3) is 0 Å². The van der Waals surface area contributed by atoms with E-state index in [1.165, 1.54) is 57.1 Å². The lowest BCUT2D eigenvalue weighted by Crippen LogP contribution is -2.25. The van der Waals surface area contributed by atoms with Gasteiger partial charge in [-0.15, -0.1) is 0 Å². The molecule has 1 aromatic carbocycles. The molecule has 29 heavy (non-hydrogen) atoms. The molecule has 0 aliphatic heterocycles. The van der Waals surface area contributed by atoms with Gasteiger partial charge in [0.1, 0.15) is 17.4 Å². The van der Waals surface area contributed by atoms with Crippen LogP contribution in [-0.4, -0.2) is 6.61 Å². The fraction of sp³-hybridized carbons (Fsp3) is 0.692. The van der Waals surface area contributed by atoms with Crippen molar-refractivity contribution >= 4 is 0 Å². The fourth-order valence-corrected chi connectivity index (χ4v) is 5.06. The van der Waals surface area contributed by atoms with E-state index >= 15 is 0 Å². The summed E-state index contributed by atoms with van der Waals surface area (Å²) < 4.78 is 34.0. The van der Waals surface area contributed by atoms with Crippen molar-refractivity contribution in [1.29, 1.82) is 0 Å². The standard InChI is InChI=1S/C26H36F2O/c1-3-5-16-29-23-17-25(27)24(26(28)18-23)15-10-20-8-13-22(14-9-20)21-11-6-19(4-2)7-12-21/h17-22H,3-9,11-14,16H2,1-2H3/t19-,20?,21-,22?. The summed E-state index contributed by atoms with van der Waals surface area (Å²) in [6.45, 7) is 4.84. The molecule has 1 aromatic rings. The lowest BCUT2D eigenvalue weighted by Gasteiger charge is -2.36. The molecule has 0 atom stereocenters. The molecule has 3 heteroatoms. The van der Waals surface area contributed by atoms with E-state index in [0.717, 1.165) is 43.4 Å². The first-order chi connectivity index (χ1) is 14.1. The van der Waals surface area contributed by atoms with Crippen LogP contribution in [0.1, 0.15) is 90.0 Å². The van der Waals surface area contributed by atoms with Crippen LogP contribution in [0.5, 0.6) is 5.75 Å². The number of hydrogen-bond acceptors (Lipinski definition) is 1. The second-order valence-corrected chi connectivity index (χ2v) is 9.03. The summed E-state index contributed by atoms with van der Waals surface area (Å²) in [5.41, 5.74) is -0.118. The highest BCUT2D eigenvalue weighted by Crippen LogP contribution is 2.41. The van der Waals surface area contributed by atoms with Gasteiger partial charge in [-0.25, -0.2) is 8.78 Å². The van der Waals surface area contributed by atoms with Crippen molar-refractivity contribution < 1.29 is 13.5 Å². The largest absolute Gasteiger partial charge is 0.493 e. The van der Waals surface area contributed by atoms with Crippen molar-refractivity contribution in [3.63, 3.8) is 0 Å². The third-order valence-corrected chi connectivity index (χ3v) is 7.09. The van der Waals surface area contributed by atoms with E-state index in [1.54, 1.807) is 0 Å². The van der Waals surface area contributed by atoms with Crippen molar-refractivity contribution in [1.82, 2.24) is 0 Å². The maximum absolute atomic E-state index is 14.3. The van der Waals surface area contributed by atoms with Gasteiger partial charge in [-0.3, -0.25) is 0 Å². The van der Waals surface area contributed by atoms with E-state index < -0.39 is 11.6 Å². The first-order valence-electron chi connectivity index (χ1n) is 11.7. The average Bonchev–Trinajstić information content (AvgIpc) is 2.74. The summed E-state index contributed by atoms with van der Waals surface area (Å²) in [5, 5.41) is 0. The van der Waals surface area contributed by atoms with Crippen LogP contribution in [0.15, 0.2) is 12.1 Å². The molecule has 0 aromatic heterocycles. The second kappa shape index (κ2) is 11.0. The first-order valence-corrected chi connectivity index (χ1v) is 11.7. The van der Waals surface area contributed by atoms with Gasteiger partial charge in [0.15, 0.2) is 0 Å². The van der Waals surface area contributed by atoms with Crippen LogP contribution in [-0.2, 0) is 0 Å². The third-order valence-electron chi connectivity index (χ3n) is 7.09. The summed E-state index contributed by atoms with van der Waals surface area (Å²) in [6.07, 6.45) is 13.3. The van der Waals surface area contributed by atoms with Crippen LogP contribution in [0, 0.1) is 47.1 Å². The van der Waals surface area contributed by atoms with Crippen LogP contribution in [0.4, 0.5) is 8.78 Å². The minimum absolute atomic E-state index is 0.118. The number of hydrogen-bond donors (Lipinski definition) is 0. The zero-order valence-corrected chi connectivity index (χ0v) is 18.1. The predicted octanol–water partition coefficient (Wildman–Crippen LogP) is 7.52. The zero-order chi connectivity index (χ0) is 20.6. The van der Waals surface area contributed by atoms with Gasteiger partial charge in [0, 0.05) is 18.1 Å². The normalized spacial score (nSPS) is 27.2. The van der Waals surface area contributed by atoms with E-state index in [9.17, 15) is 8.78 Å². The molecule has 2 aliphatic carbocycles. The molecule has 2 saturated carbocycles. The summed E-state index contributed by atoms with van der Waals surface area (Å²) in [4.78, 5) is 0. The number of rotatable bonds is 6. The molecule has 160 valence electrons. The van der Waals surface area contributed by atoms with Crippen molar-refractivity contribution in [3.8, 4) is 17.6 Å². The van der Waals surface area contributed by atoms with Crippen LogP contribution in [0.3, 0.4) is 0 Å². The van der Waals surface area contributed by atoms with Crippen LogP contribution in [0.2, 0.25) is 0 Å². The highest BCUT2D eigenvalue weighted by atomic mass is 19.1. The van der Waals surface area contributed by atoms with Gasteiger partial charge >= 0.3 is 0 Å². The van der Waals surface area contributed by atoms with Gasteiger partial charge in [0.05, 0.1) is 12.2 Å². The van der Waals surface area contributed by atoms with Crippen LogP contribution in [0.25, 0.3) is 0 Å². The quantitative estimate of drug-likeness (QED) is 0.353. The Morgan fingerprint density at radius 1 is 0.897 bits per heavy atom. The van der Waals surface area contributed by atoms with Gasteiger partial charge in [-0.2, -0.15) is 0 Å². The van der Waals surface area contributed by atoms with Crippen molar-refractivity contribution in [2.75, 3.05) is 6.61 Å². The first kappa shape index (κ1) is 22.1. The zero-order valence-electron chi connectivity index (χ0n) is 18.1. The maximum Gasteiger partial charge on any atom is 0.145 e. The molecule has 0 spiro atoms. The molecule has 2 aliphatic rings. The van der Waals surface area contributed by atoms with Crippen molar-refractivity contribution in [3.05, 3.63) is 29.3 Å². The molecule has 2 fully saturated rings. The molecular weight excluding hydrogens is 366 g/mol. The molecule has 0 radical (unpaired) electrons. The Morgan fingerprint density at radius 2 is 1.48 bits per heavy atom. The Hall–Kier alpha value is -1.56. The van der Waals surface area contributed by atoms with E-state index in [0.29, 0.717) is 6.61 Å². The fourth-order valence-electron chi connectivity index (χ4n) is 5.06. The van der Waals surface area contributed by atoms with E-state index in [2.05, 4.69) is 18.8 Å². The molecule has 0 saturated heterocycles. The van der Waals surface area contributed by atoms with E-state index in [-0.39, 0.29) is 17.2 Å². The summed E-state index contributed by atoms with van der Waals surface area (Å²) in [6, 6.07) is 2.51. The summed E-state index contributed by atoms with van der Waals surface area (Å²) in [5.74, 6) is 7.90. The number of ether oxygens (including phenoxy) is 1. The van der Waals surface area contributed by atoms with Gasteiger partial charge in [-0.05, 0) is 62.7 Å². The third kappa shape index (κ3) is 6.21. The lowest BCUT2D eigenvalue weighted by atomic mass is 9.69. The molecule has 1 nitrogen and oxygen atoms in total. The molecule has 0 amide bonds. The minimum Gasteiger partial charge on any atom is -0.493 e. The SMILES string of the molecule is CCCCOc1cc(F)c(C#CC2CCC([C@H]3CC[C@H](CC)CC3)CC2)c(F)c1. The predicted molar refractivity (Wildman–Crippen MR) is 115 cm³/mol. The Kier molecular flexibility index (Phi) is 8.40. The molecular formula is C26H36F2O. The lowest BCUT2D eigenvalue weighted by molar-refractivity contribution is 0.156. The smallest absolute Gasteiger partial charge is 0.145 e. The topological polar surface area (TPSA) is 9.23 Å². The Morgan fingerprint density at radius 3 is 2.03 bits per heavy atom. The highest BCUT2D eigenvalue weighted by molar-refractivity contribution is 5.41. The second-order valence-electron chi connectivity index (χ2n) is 9.03. The van der Waals surface area contributed by atoms with Crippen LogP contribution < -0.4 is 4.74 Å². The minimum atomic E-state index is -0.620. The Balaban J connectivity index is 1.52. The molecule has 0 bridgehead atoms. The Labute approximate surface area is 175 Å². The average molecular weight is 403 g/mol. The van der Waals surface area contributed by atoms with Crippen molar-refractivity contribution in [2.24, 2.45) is 23.7 Å². The maximum atomic E-state index is 14.3. The van der Waals surface area contributed by atoms with Crippen molar-refractivity contribution in [2.45, 2.75) is 84.5 Å². The molecule has 0 heterocycles. The summed E-state index contributed by atoms with van der Waals surface area (Å²) >= 11 is 0. The highest BCUT2D eigenvalue weighted by Gasteiger charge is 2.30. The van der Waals surface area contributed by atoms with Crippen LogP contribution >= 0.6 is 0 Å². The monoisotopic (exact) mass is 402 g/mol. The number of unbranched alkanes of at least 4 members (excludes halogenated alkanes) is 1. The molecule has 3 rings (SSSR count). The summed E-state index contributed by atoms with van der Waals surface area (Å²) in [7, 11) is 0.